The molecule has 4 atom stereocenters. The number of piperidine rings is 1. The van der Waals surface area contributed by atoms with Gasteiger partial charge in [-0.1, -0.05) is 36.4 Å². The van der Waals surface area contributed by atoms with Gasteiger partial charge in [0.1, 0.15) is 0 Å². The standard InChI is InChI=1S/C29H28N2O3/c32-22-9-8-19-14-23-29(33)15-21-20(18-4-2-1-3-5-18)10-12-30-25(21)27-28(29,24(19)26(22)34-27)11-13-31(23)16-17-6-7-17/h1-5,8-10,12,17,23,27,32-33H,6-7,11,13-16H2/t23-,27-,28-,29+/m0/s1. The van der Waals surface area contributed by atoms with E-state index in [9.17, 15) is 10.2 Å². The Morgan fingerprint density at radius 2 is 1.94 bits per heavy atom. The van der Waals surface area contributed by atoms with E-state index in [1.807, 2.05) is 12.3 Å². The summed E-state index contributed by atoms with van der Waals surface area (Å²) in [5.41, 5.74) is 4.97. The van der Waals surface area contributed by atoms with Crippen LogP contribution in [0.15, 0.2) is 54.7 Å². The highest BCUT2D eigenvalue weighted by Gasteiger charge is 2.72. The van der Waals surface area contributed by atoms with Crippen molar-refractivity contribution in [3.8, 4) is 22.6 Å². The van der Waals surface area contributed by atoms with E-state index in [1.165, 1.54) is 18.4 Å². The lowest BCUT2D eigenvalue weighted by molar-refractivity contribution is -0.173. The normalized spacial score (nSPS) is 32.6. The highest BCUT2D eigenvalue weighted by Crippen LogP contribution is 2.68. The fourth-order valence-electron chi connectivity index (χ4n) is 7.73. The SMILES string of the molecule is Oc1ccc2c3c1O[C@H]1c4nccc(-c5ccccc5)c4C[C@@]4(O)[C@H](C2)N(CC2CC2)CC[C@]314. The van der Waals surface area contributed by atoms with Gasteiger partial charge in [0.05, 0.1) is 16.7 Å². The van der Waals surface area contributed by atoms with E-state index >= 15 is 0 Å². The first kappa shape index (κ1) is 19.4. The Morgan fingerprint density at radius 3 is 2.76 bits per heavy atom. The molecule has 0 radical (unpaired) electrons. The third-order valence-electron chi connectivity index (χ3n) is 9.38. The van der Waals surface area contributed by atoms with Crippen molar-refractivity contribution in [3.05, 3.63) is 77.1 Å². The number of fused-ring (bicyclic) bond motifs is 2. The second kappa shape index (κ2) is 6.41. The van der Waals surface area contributed by atoms with Gasteiger partial charge in [0, 0.05) is 30.8 Å². The summed E-state index contributed by atoms with van der Waals surface area (Å²) in [6.07, 6.45) is 6.25. The summed E-state index contributed by atoms with van der Waals surface area (Å²) in [5, 5.41) is 23.7. The van der Waals surface area contributed by atoms with Crippen LogP contribution in [0.2, 0.25) is 0 Å². The molecule has 2 bridgehead atoms. The molecule has 0 amide bonds. The van der Waals surface area contributed by atoms with Crippen LogP contribution in [-0.4, -0.2) is 44.8 Å². The number of nitrogens with zero attached hydrogens (tertiary/aromatic N) is 2. The average molecular weight is 453 g/mol. The second-order valence-electron chi connectivity index (χ2n) is 11.0. The quantitative estimate of drug-likeness (QED) is 0.625. The number of benzene rings is 2. The molecule has 1 saturated heterocycles. The van der Waals surface area contributed by atoms with Crippen LogP contribution in [0.3, 0.4) is 0 Å². The maximum Gasteiger partial charge on any atom is 0.166 e. The summed E-state index contributed by atoms with van der Waals surface area (Å²) in [5.74, 6) is 1.50. The van der Waals surface area contributed by atoms with Gasteiger partial charge in [-0.25, -0.2) is 0 Å². The molecule has 5 heteroatoms. The molecule has 34 heavy (non-hydrogen) atoms. The van der Waals surface area contributed by atoms with Crippen molar-refractivity contribution < 1.29 is 14.9 Å². The van der Waals surface area contributed by atoms with Crippen molar-refractivity contribution in [2.24, 2.45) is 5.92 Å². The van der Waals surface area contributed by atoms with E-state index < -0.39 is 17.1 Å². The van der Waals surface area contributed by atoms with Gasteiger partial charge in [0.2, 0.25) is 0 Å². The van der Waals surface area contributed by atoms with Crippen LogP contribution in [0, 0.1) is 5.92 Å². The van der Waals surface area contributed by atoms with Gasteiger partial charge in [0.25, 0.3) is 0 Å². The second-order valence-corrected chi connectivity index (χ2v) is 11.0. The van der Waals surface area contributed by atoms with Crippen molar-refractivity contribution in [1.82, 2.24) is 9.88 Å². The fourth-order valence-corrected chi connectivity index (χ4v) is 7.73. The molecule has 2 aromatic carbocycles. The van der Waals surface area contributed by atoms with Crippen LogP contribution in [0.4, 0.5) is 0 Å². The molecule has 172 valence electrons. The van der Waals surface area contributed by atoms with Crippen LogP contribution < -0.4 is 4.74 Å². The van der Waals surface area contributed by atoms with Gasteiger partial charge in [-0.05, 0) is 72.5 Å². The number of aliphatic hydroxyl groups is 1. The Kier molecular flexibility index (Phi) is 3.66. The van der Waals surface area contributed by atoms with E-state index in [1.54, 1.807) is 6.07 Å². The Bertz CT molecular complexity index is 1340. The number of hydrogen-bond donors (Lipinski definition) is 2. The van der Waals surface area contributed by atoms with Gasteiger partial charge in [-0.15, -0.1) is 0 Å². The van der Waals surface area contributed by atoms with Gasteiger partial charge < -0.3 is 14.9 Å². The monoisotopic (exact) mass is 452 g/mol. The number of rotatable bonds is 3. The zero-order valence-electron chi connectivity index (χ0n) is 19.1. The topological polar surface area (TPSA) is 65.8 Å². The third kappa shape index (κ3) is 2.25. The summed E-state index contributed by atoms with van der Waals surface area (Å²) in [6, 6.07) is 16.3. The number of hydrogen-bond acceptors (Lipinski definition) is 5. The number of aromatic hydroxyl groups is 1. The predicted octanol–water partition coefficient (Wildman–Crippen LogP) is 4.15. The number of phenols is 1. The molecule has 1 spiro atoms. The van der Waals surface area contributed by atoms with E-state index in [2.05, 4.69) is 41.3 Å². The van der Waals surface area contributed by atoms with Gasteiger partial charge >= 0.3 is 0 Å². The highest BCUT2D eigenvalue weighted by molar-refractivity contribution is 5.72. The van der Waals surface area contributed by atoms with Crippen molar-refractivity contribution in [3.63, 3.8) is 0 Å². The molecular weight excluding hydrogens is 424 g/mol. The Labute approximate surface area is 199 Å². The smallest absolute Gasteiger partial charge is 0.166 e. The molecule has 0 unspecified atom stereocenters. The number of ether oxygens (including phenoxy) is 1. The molecule has 2 aliphatic heterocycles. The number of likely N-dealkylation sites (tertiary alicyclic amines) is 1. The van der Waals surface area contributed by atoms with E-state index in [0.29, 0.717) is 12.2 Å². The van der Waals surface area contributed by atoms with Crippen LogP contribution in [0.1, 0.15) is 47.8 Å². The van der Waals surface area contributed by atoms with E-state index in [-0.39, 0.29) is 11.8 Å². The molecule has 5 aliphatic rings. The first-order valence-corrected chi connectivity index (χ1v) is 12.6. The summed E-state index contributed by atoms with van der Waals surface area (Å²) in [4.78, 5) is 7.44. The maximum absolute atomic E-state index is 12.9. The fraction of sp³-hybridized carbons (Fsp3) is 0.414. The van der Waals surface area contributed by atoms with Crippen LogP contribution in [0.25, 0.3) is 11.1 Å². The minimum atomic E-state index is -0.976. The van der Waals surface area contributed by atoms with Crippen LogP contribution >= 0.6 is 0 Å². The lowest BCUT2D eigenvalue weighted by Crippen LogP contribution is -2.74. The van der Waals surface area contributed by atoms with Crippen LogP contribution in [-0.2, 0) is 18.3 Å². The minimum absolute atomic E-state index is 0.0351. The van der Waals surface area contributed by atoms with Crippen molar-refractivity contribution >= 4 is 0 Å². The van der Waals surface area contributed by atoms with Gasteiger partial charge in [0.15, 0.2) is 17.6 Å². The molecule has 3 aromatic rings. The molecule has 1 aromatic heterocycles. The Morgan fingerprint density at radius 1 is 1.09 bits per heavy atom. The first-order chi connectivity index (χ1) is 16.6. The van der Waals surface area contributed by atoms with Crippen molar-refractivity contribution in [2.45, 2.75) is 55.3 Å². The third-order valence-corrected chi connectivity index (χ3v) is 9.38. The summed E-state index contributed by atoms with van der Waals surface area (Å²) < 4.78 is 6.63. The van der Waals surface area contributed by atoms with Crippen LogP contribution in [0.5, 0.6) is 11.5 Å². The highest BCUT2D eigenvalue weighted by atomic mass is 16.5. The largest absolute Gasteiger partial charge is 0.504 e. The predicted molar refractivity (Wildman–Crippen MR) is 128 cm³/mol. The van der Waals surface area contributed by atoms with Gasteiger partial charge in [-0.2, -0.15) is 0 Å². The zero-order chi connectivity index (χ0) is 22.7. The summed E-state index contributed by atoms with van der Waals surface area (Å²) in [6.45, 7) is 2.02. The number of aromatic nitrogens is 1. The molecule has 2 N–H and O–H groups in total. The lowest BCUT2D eigenvalue weighted by atomic mass is 9.48. The molecular formula is C29H28N2O3. The summed E-state index contributed by atoms with van der Waals surface area (Å²) in [7, 11) is 0. The lowest BCUT2D eigenvalue weighted by Gasteiger charge is -2.63. The first-order valence-electron chi connectivity index (χ1n) is 12.6. The van der Waals surface area contributed by atoms with E-state index in [0.717, 1.165) is 59.8 Å². The molecule has 3 aliphatic carbocycles. The average Bonchev–Trinajstić information content (AvgIpc) is 3.59. The Hall–Kier alpha value is -2.89. The molecule has 8 rings (SSSR count). The number of phenolic OH excluding ortho intramolecular Hbond substituents is 1. The Balaban J connectivity index is 1.39. The van der Waals surface area contributed by atoms with E-state index in [4.69, 9.17) is 9.72 Å². The number of pyridine rings is 1. The molecule has 5 nitrogen and oxygen atoms in total. The molecule has 3 heterocycles. The molecule has 2 fully saturated rings. The molecule has 1 saturated carbocycles. The zero-order valence-corrected chi connectivity index (χ0v) is 19.1. The van der Waals surface area contributed by atoms with Gasteiger partial charge in [-0.3, -0.25) is 9.88 Å². The van der Waals surface area contributed by atoms with Crippen molar-refractivity contribution in [1.29, 1.82) is 0 Å². The maximum atomic E-state index is 12.9. The minimum Gasteiger partial charge on any atom is -0.504 e. The summed E-state index contributed by atoms with van der Waals surface area (Å²) >= 11 is 0. The van der Waals surface area contributed by atoms with Crippen molar-refractivity contribution in [2.75, 3.05) is 13.1 Å².